The summed E-state index contributed by atoms with van der Waals surface area (Å²) in [7, 11) is 0. The Labute approximate surface area is 91.7 Å². The van der Waals surface area contributed by atoms with Crippen LogP contribution < -0.4 is 0 Å². The summed E-state index contributed by atoms with van der Waals surface area (Å²) in [6, 6.07) is 5.30. The fourth-order valence-electron chi connectivity index (χ4n) is 1.66. The Bertz CT molecular complexity index is 580. The van der Waals surface area contributed by atoms with Crippen LogP contribution in [0.3, 0.4) is 0 Å². The first-order valence-electron chi connectivity index (χ1n) is 4.80. The molecule has 5 nitrogen and oxygen atoms in total. The van der Waals surface area contributed by atoms with Crippen molar-refractivity contribution in [1.29, 1.82) is 0 Å². The second-order valence-electron chi connectivity index (χ2n) is 3.46. The Morgan fingerprint density at radius 1 is 1.50 bits per heavy atom. The van der Waals surface area contributed by atoms with Crippen LogP contribution in [0.1, 0.15) is 5.56 Å². The summed E-state index contributed by atoms with van der Waals surface area (Å²) in [6.07, 6.45) is 2.17. The normalized spacial score (nSPS) is 10.2. The molecule has 0 fully saturated rings. The molecule has 0 spiro atoms. The second-order valence-corrected chi connectivity index (χ2v) is 3.46. The minimum Gasteiger partial charge on any atom is -0.362 e. The highest BCUT2D eigenvalue weighted by Gasteiger charge is 2.07. The zero-order chi connectivity index (χ0) is 11.5. The highest BCUT2D eigenvalue weighted by atomic mass is 16.6. The average molecular weight is 215 g/mol. The number of nitrogens with zero attached hydrogens (tertiary/aromatic N) is 2. The summed E-state index contributed by atoms with van der Waals surface area (Å²) in [5.74, 6) is 0. The standard InChI is InChI=1S/C11H9N3O2/c1-12-9-2-3-10-8(4-5-14(15)16)7-13-11(10)6-9/h2-3,6-7,13H,4-5H2. The fourth-order valence-corrected chi connectivity index (χ4v) is 1.66. The molecule has 1 aromatic carbocycles. The molecular weight excluding hydrogens is 206 g/mol. The van der Waals surface area contributed by atoms with Crippen LogP contribution in [0, 0.1) is 16.7 Å². The number of hydrogen-bond acceptors (Lipinski definition) is 2. The molecule has 2 aromatic rings. The third-order valence-corrected chi connectivity index (χ3v) is 2.44. The molecule has 5 heteroatoms. The number of benzene rings is 1. The monoisotopic (exact) mass is 215 g/mol. The molecule has 0 saturated heterocycles. The number of aromatic amines is 1. The quantitative estimate of drug-likeness (QED) is 0.485. The smallest absolute Gasteiger partial charge is 0.207 e. The summed E-state index contributed by atoms with van der Waals surface area (Å²) in [5, 5.41) is 11.2. The van der Waals surface area contributed by atoms with Gasteiger partial charge in [-0.05, 0) is 11.6 Å². The van der Waals surface area contributed by atoms with Gasteiger partial charge in [0, 0.05) is 28.4 Å². The van der Waals surface area contributed by atoms with Crippen LogP contribution in [0.25, 0.3) is 15.7 Å². The van der Waals surface area contributed by atoms with Crippen molar-refractivity contribution >= 4 is 16.6 Å². The second kappa shape index (κ2) is 4.03. The maximum Gasteiger partial charge on any atom is 0.207 e. The first-order valence-corrected chi connectivity index (χ1v) is 4.80. The molecule has 0 amide bonds. The van der Waals surface area contributed by atoms with Crippen molar-refractivity contribution in [1.82, 2.24) is 4.98 Å². The van der Waals surface area contributed by atoms with E-state index in [4.69, 9.17) is 6.57 Å². The summed E-state index contributed by atoms with van der Waals surface area (Å²) in [5.41, 5.74) is 2.34. The van der Waals surface area contributed by atoms with E-state index < -0.39 is 0 Å². The number of nitro groups is 1. The number of nitrogens with one attached hydrogen (secondary N) is 1. The third kappa shape index (κ3) is 1.86. The van der Waals surface area contributed by atoms with Crippen molar-refractivity contribution in [2.24, 2.45) is 0 Å². The predicted octanol–water partition coefficient (Wildman–Crippen LogP) is 2.54. The zero-order valence-corrected chi connectivity index (χ0v) is 8.43. The largest absolute Gasteiger partial charge is 0.362 e. The van der Waals surface area contributed by atoms with Crippen molar-refractivity contribution in [2.45, 2.75) is 6.42 Å². The summed E-state index contributed by atoms with van der Waals surface area (Å²) in [4.78, 5) is 16.3. The topological polar surface area (TPSA) is 63.3 Å². The maximum atomic E-state index is 10.3. The van der Waals surface area contributed by atoms with Gasteiger partial charge in [-0.15, -0.1) is 0 Å². The lowest BCUT2D eigenvalue weighted by atomic mass is 10.1. The van der Waals surface area contributed by atoms with Gasteiger partial charge < -0.3 is 4.98 Å². The van der Waals surface area contributed by atoms with E-state index in [2.05, 4.69) is 9.83 Å². The minimum atomic E-state index is -0.327. The first-order chi connectivity index (χ1) is 7.70. The molecule has 0 saturated carbocycles. The van der Waals surface area contributed by atoms with E-state index in [1.165, 1.54) is 0 Å². The van der Waals surface area contributed by atoms with Gasteiger partial charge in [0.05, 0.1) is 6.57 Å². The van der Waals surface area contributed by atoms with Crippen LogP contribution in [-0.4, -0.2) is 16.5 Å². The lowest BCUT2D eigenvalue weighted by molar-refractivity contribution is -0.479. The van der Waals surface area contributed by atoms with Crippen LogP contribution in [0.5, 0.6) is 0 Å². The Kier molecular flexibility index (Phi) is 2.56. The molecule has 0 aliphatic rings. The molecule has 0 atom stereocenters. The summed E-state index contributed by atoms with van der Waals surface area (Å²) >= 11 is 0. The number of rotatable bonds is 3. The molecule has 1 N–H and O–H groups in total. The molecule has 0 bridgehead atoms. The van der Waals surface area contributed by atoms with Crippen LogP contribution in [0.4, 0.5) is 5.69 Å². The summed E-state index contributed by atoms with van der Waals surface area (Å²) < 4.78 is 0. The molecular formula is C11H9N3O2. The Morgan fingerprint density at radius 3 is 3.00 bits per heavy atom. The summed E-state index contributed by atoms with van der Waals surface area (Å²) in [6.45, 7) is 6.81. The van der Waals surface area contributed by atoms with Crippen molar-refractivity contribution in [2.75, 3.05) is 6.54 Å². The van der Waals surface area contributed by atoms with E-state index in [1.54, 1.807) is 18.3 Å². The van der Waals surface area contributed by atoms with Gasteiger partial charge in [-0.2, -0.15) is 0 Å². The lowest BCUT2D eigenvalue weighted by Gasteiger charge is -1.95. The van der Waals surface area contributed by atoms with Gasteiger partial charge in [0.15, 0.2) is 5.69 Å². The number of fused-ring (bicyclic) bond motifs is 1. The number of hydrogen-bond donors (Lipinski definition) is 1. The van der Waals surface area contributed by atoms with Crippen LogP contribution in [-0.2, 0) is 6.42 Å². The Morgan fingerprint density at radius 2 is 2.31 bits per heavy atom. The predicted molar refractivity (Wildman–Crippen MR) is 60.1 cm³/mol. The molecule has 0 radical (unpaired) electrons. The molecule has 0 aliphatic carbocycles. The van der Waals surface area contributed by atoms with Gasteiger partial charge in [-0.1, -0.05) is 12.1 Å². The molecule has 80 valence electrons. The van der Waals surface area contributed by atoms with E-state index in [0.29, 0.717) is 12.1 Å². The van der Waals surface area contributed by atoms with E-state index in [0.717, 1.165) is 16.5 Å². The van der Waals surface area contributed by atoms with E-state index in [9.17, 15) is 10.1 Å². The van der Waals surface area contributed by atoms with Crippen LogP contribution in [0.2, 0.25) is 0 Å². The highest BCUT2D eigenvalue weighted by molar-refractivity contribution is 5.86. The number of H-pyrrole nitrogens is 1. The molecule has 1 heterocycles. The molecule has 2 rings (SSSR count). The van der Waals surface area contributed by atoms with Crippen molar-refractivity contribution in [3.05, 3.63) is 51.5 Å². The van der Waals surface area contributed by atoms with Crippen molar-refractivity contribution in [3.8, 4) is 0 Å². The zero-order valence-electron chi connectivity index (χ0n) is 8.43. The van der Waals surface area contributed by atoms with Gasteiger partial charge >= 0.3 is 0 Å². The van der Waals surface area contributed by atoms with E-state index in [1.807, 2.05) is 6.07 Å². The van der Waals surface area contributed by atoms with E-state index >= 15 is 0 Å². The van der Waals surface area contributed by atoms with Gasteiger partial charge in [0.25, 0.3) is 0 Å². The van der Waals surface area contributed by atoms with Gasteiger partial charge in [0.2, 0.25) is 6.54 Å². The van der Waals surface area contributed by atoms with Gasteiger partial charge in [-0.25, -0.2) is 4.85 Å². The Balaban J connectivity index is 2.35. The number of aromatic nitrogens is 1. The molecule has 0 unspecified atom stereocenters. The average Bonchev–Trinajstić information content (AvgIpc) is 2.68. The van der Waals surface area contributed by atoms with Crippen LogP contribution in [0.15, 0.2) is 24.4 Å². The fraction of sp³-hybridized carbons (Fsp3) is 0.182. The van der Waals surface area contributed by atoms with Crippen LogP contribution >= 0.6 is 0 Å². The van der Waals surface area contributed by atoms with Crippen molar-refractivity contribution < 1.29 is 4.92 Å². The Hall–Kier alpha value is -2.35. The van der Waals surface area contributed by atoms with Gasteiger partial charge in [-0.3, -0.25) is 10.1 Å². The molecule has 16 heavy (non-hydrogen) atoms. The van der Waals surface area contributed by atoms with Crippen molar-refractivity contribution in [3.63, 3.8) is 0 Å². The molecule has 1 aromatic heterocycles. The SMILES string of the molecule is [C-]#[N+]c1ccc2c(CC[N+](=O)[O-])c[nH]c2c1. The third-order valence-electron chi connectivity index (χ3n) is 2.44. The van der Waals surface area contributed by atoms with E-state index in [-0.39, 0.29) is 11.5 Å². The lowest BCUT2D eigenvalue weighted by Crippen LogP contribution is -2.03. The maximum absolute atomic E-state index is 10.3. The van der Waals surface area contributed by atoms with Gasteiger partial charge in [0.1, 0.15) is 0 Å². The highest BCUT2D eigenvalue weighted by Crippen LogP contribution is 2.23. The first kappa shape index (κ1) is 10.2. The minimum absolute atomic E-state index is 0.0719. The molecule has 0 aliphatic heterocycles.